The van der Waals surface area contributed by atoms with Crippen LogP contribution < -0.4 is 4.90 Å². The van der Waals surface area contributed by atoms with Gasteiger partial charge in [-0.25, -0.2) is 12.9 Å². The number of hydrogen-bond acceptors (Lipinski definition) is 6. The Morgan fingerprint density at radius 1 is 1.08 bits per heavy atom. The Hall–Kier alpha value is -2.95. The molecule has 2 aliphatic rings. The minimum absolute atomic E-state index is 0.0562. The number of likely N-dealkylation sites (tertiary alicyclic amines) is 1. The highest BCUT2D eigenvalue weighted by Gasteiger charge is 2.31. The molecule has 1 unspecified atom stereocenters. The third-order valence-corrected chi connectivity index (χ3v) is 9.44. The smallest absolute Gasteiger partial charge is 0.257 e. The standard InChI is InChI=1S/C26H33N5O4S/c1-28(2)22-3-5-23(6-4-22)36(34,35)30-12-8-20(9-13-30)21-10-14-31-25(15-21)24(16-27-31)26(33)29-11-7-19(17-29)18-32/h3-6,10,14-16,19-20,32H,7-9,11-13,17-18H2,1-2H3. The summed E-state index contributed by atoms with van der Waals surface area (Å²) in [6.07, 6.45) is 5.73. The molecule has 2 saturated heterocycles. The van der Waals surface area contributed by atoms with Crippen molar-refractivity contribution in [2.24, 2.45) is 5.92 Å². The number of fused-ring (bicyclic) bond motifs is 1. The van der Waals surface area contributed by atoms with Gasteiger partial charge in [-0.05, 0) is 67.1 Å². The van der Waals surface area contributed by atoms with E-state index in [1.807, 2.05) is 49.5 Å². The summed E-state index contributed by atoms with van der Waals surface area (Å²) in [7, 11) is 0.311. The van der Waals surface area contributed by atoms with Crippen LogP contribution in [0.4, 0.5) is 5.69 Å². The fraction of sp³-hybridized carbons (Fsp3) is 0.462. The third kappa shape index (κ3) is 4.60. The number of pyridine rings is 1. The highest BCUT2D eigenvalue weighted by atomic mass is 32.2. The highest BCUT2D eigenvalue weighted by Crippen LogP contribution is 2.32. The van der Waals surface area contributed by atoms with E-state index in [4.69, 9.17) is 0 Å². The number of rotatable bonds is 6. The second-order valence-corrected chi connectivity index (χ2v) is 11.9. The number of carbonyl (C=O) groups excluding carboxylic acids is 1. The topological polar surface area (TPSA) is 98.5 Å². The van der Waals surface area contributed by atoms with E-state index in [9.17, 15) is 18.3 Å². The van der Waals surface area contributed by atoms with Gasteiger partial charge in [-0.3, -0.25) is 4.79 Å². The summed E-state index contributed by atoms with van der Waals surface area (Å²) in [5, 5.41) is 13.8. The van der Waals surface area contributed by atoms with Gasteiger partial charge in [0, 0.05) is 64.7 Å². The van der Waals surface area contributed by atoms with Gasteiger partial charge in [-0.1, -0.05) is 0 Å². The molecule has 5 rings (SSSR count). The highest BCUT2D eigenvalue weighted by molar-refractivity contribution is 7.89. The monoisotopic (exact) mass is 511 g/mol. The van der Waals surface area contributed by atoms with Gasteiger partial charge in [0.2, 0.25) is 10.0 Å². The molecule has 3 aromatic rings. The largest absolute Gasteiger partial charge is 0.396 e. The van der Waals surface area contributed by atoms with Crippen molar-refractivity contribution in [1.82, 2.24) is 18.8 Å². The number of aromatic nitrogens is 2. The van der Waals surface area contributed by atoms with Crippen molar-refractivity contribution in [2.45, 2.75) is 30.1 Å². The van der Waals surface area contributed by atoms with Crippen LogP contribution in [0.15, 0.2) is 53.7 Å². The van der Waals surface area contributed by atoms with Gasteiger partial charge in [-0.2, -0.15) is 9.40 Å². The van der Waals surface area contributed by atoms with Crippen molar-refractivity contribution in [3.8, 4) is 0 Å². The van der Waals surface area contributed by atoms with Gasteiger partial charge < -0.3 is 14.9 Å². The molecule has 0 saturated carbocycles. The molecular weight excluding hydrogens is 478 g/mol. The van der Waals surface area contributed by atoms with Crippen molar-refractivity contribution >= 4 is 27.1 Å². The fourth-order valence-electron chi connectivity index (χ4n) is 5.25. The maximum atomic E-state index is 13.2. The zero-order chi connectivity index (χ0) is 25.4. The molecular formula is C26H33N5O4S. The molecule has 192 valence electrons. The van der Waals surface area contributed by atoms with Crippen LogP contribution in [0.25, 0.3) is 5.52 Å². The summed E-state index contributed by atoms with van der Waals surface area (Å²) >= 11 is 0. The lowest BCUT2D eigenvalue weighted by molar-refractivity contribution is 0.0783. The van der Waals surface area contributed by atoms with Crippen molar-refractivity contribution in [2.75, 3.05) is 51.8 Å². The summed E-state index contributed by atoms with van der Waals surface area (Å²) in [5.41, 5.74) is 3.38. The first-order valence-corrected chi connectivity index (χ1v) is 13.9. The molecule has 2 aromatic heterocycles. The molecule has 1 N–H and O–H groups in total. The Bertz CT molecular complexity index is 1340. The van der Waals surface area contributed by atoms with Gasteiger partial charge in [0.15, 0.2) is 0 Å². The van der Waals surface area contributed by atoms with E-state index >= 15 is 0 Å². The van der Waals surface area contributed by atoms with Crippen LogP contribution in [0.2, 0.25) is 0 Å². The number of piperidine rings is 1. The second-order valence-electron chi connectivity index (χ2n) is 10.0. The molecule has 1 atom stereocenters. The van der Waals surface area contributed by atoms with Gasteiger partial charge in [-0.15, -0.1) is 0 Å². The van der Waals surface area contributed by atoms with E-state index in [1.54, 1.807) is 32.1 Å². The number of hydrogen-bond donors (Lipinski definition) is 1. The van der Waals surface area contributed by atoms with E-state index in [1.165, 1.54) is 0 Å². The summed E-state index contributed by atoms with van der Waals surface area (Å²) in [5.74, 6) is 0.291. The van der Waals surface area contributed by atoms with Crippen molar-refractivity contribution in [1.29, 1.82) is 0 Å². The van der Waals surface area contributed by atoms with E-state index in [0.29, 0.717) is 49.5 Å². The first kappa shape index (κ1) is 24.7. The molecule has 9 nitrogen and oxygen atoms in total. The van der Waals surface area contributed by atoms with E-state index in [-0.39, 0.29) is 24.3 Å². The van der Waals surface area contributed by atoms with Crippen LogP contribution in [0.1, 0.15) is 41.1 Å². The van der Waals surface area contributed by atoms with Crippen LogP contribution in [0, 0.1) is 5.92 Å². The number of aliphatic hydroxyl groups excluding tert-OH is 1. The lowest BCUT2D eigenvalue weighted by atomic mass is 9.90. The Labute approximate surface area is 212 Å². The molecule has 2 aliphatic heterocycles. The van der Waals surface area contributed by atoms with E-state index in [0.717, 1.165) is 23.2 Å². The number of nitrogens with zero attached hydrogens (tertiary/aromatic N) is 5. The quantitative estimate of drug-likeness (QED) is 0.546. The zero-order valence-corrected chi connectivity index (χ0v) is 21.6. The Kier molecular flexibility index (Phi) is 6.76. The molecule has 0 radical (unpaired) electrons. The number of benzene rings is 1. The molecule has 36 heavy (non-hydrogen) atoms. The van der Waals surface area contributed by atoms with E-state index in [2.05, 4.69) is 5.10 Å². The lowest BCUT2D eigenvalue weighted by Crippen LogP contribution is -2.37. The summed E-state index contributed by atoms with van der Waals surface area (Å²) in [4.78, 5) is 17.2. The average molecular weight is 512 g/mol. The third-order valence-electron chi connectivity index (χ3n) is 7.52. The number of sulfonamides is 1. The minimum Gasteiger partial charge on any atom is -0.396 e. The molecule has 1 amide bonds. The zero-order valence-electron chi connectivity index (χ0n) is 20.7. The van der Waals surface area contributed by atoms with Crippen LogP contribution in [0.5, 0.6) is 0 Å². The molecule has 1 aromatic carbocycles. The first-order valence-electron chi connectivity index (χ1n) is 12.4. The van der Waals surface area contributed by atoms with Crippen LogP contribution >= 0.6 is 0 Å². The van der Waals surface area contributed by atoms with Gasteiger partial charge in [0.05, 0.1) is 22.2 Å². The first-order chi connectivity index (χ1) is 17.3. The normalized spacial score (nSPS) is 19.8. The fourth-order valence-corrected chi connectivity index (χ4v) is 6.72. The van der Waals surface area contributed by atoms with Crippen LogP contribution in [-0.4, -0.2) is 85.1 Å². The number of amides is 1. The van der Waals surface area contributed by atoms with Gasteiger partial charge in [0.1, 0.15) is 0 Å². The Balaban J connectivity index is 1.29. The summed E-state index contributed by atoms with van der Waals surface area (Å²) in [6.45, 7) is 2.21. The predicted octanol–water partition coefficient (Wildman–Crippen LogP) is 2.42. The number of aliphatic hydroxyl groups is 1. The molecule has 4 heterocycles. The molecule has 0 bridgehead atoms. The van der Waals surface area contributed by atoms with Crippen molar-refractivity contribution in [3.63, 3.8) is 0 Å². The van der Waals surface area contributed by atoms with E-state index < -0.39 is 10.0 Å². The van der Waals surface area contributed by atoms with Crippen molar-refractivity contribution < 1.29 is 18.3 Å². The molecule has 2 fully saturated rings. The molecule has 0 aliphatic carbocycles. The molecule has 10 heteroatoms. The van der Waals surface area contributed by atoms with Gasteiger partial charge in [0.25, 0.3) is 5.91 Å². The maximum Gasteiger partial charge on any atom is 0.257 e. The second kappa shape index (κ2) is 9.84. The summed E-state index contributed by atoms with van der Waals surface area (Å²) in [6, 6.07) is 11.0. The Morgan fingerprint density at radius 2 is 1.81 bits per heavy atom. The van der Waals surface area contributed by atoms with Crippen LogP contribution in [0.3, 0.4) is 0 Å². The molecule has 0 spiro atoms. The maximum absolute atomic E-state index is 13.2. The summed E-state index contributed by atoms with van der Waals surface area (Å²) < 4.78 is 29.7. The van der Waals surface area contributed by atoms with Crippen molar-refractivity contribution in [3.05, 3.63) is 59.9 Å². The average Bonchev–Trinajstić information content (AvgIpc) is 3.55. The minimum atomic E-state index is -3.54. The van der Waals surface area contributed by atoms with Gasteiger partial charge >= 0.3 is 0 Å². The lowest BCUT2D eigenvalue weighted by Gasteiger charge is -2.31. The SMILES string of the molecule is CN(C)c1ccc(S(=O)(=O)N2CCC(c3ccn4ncc(C(=O)N5CCC(CO)C5)c4c3)CC2)cc1. The van der Waals surface area contributed by atoms with Crippen LogP contribution in [-0.2, 0) is 10.0 Å². The predicted molar refractivity (Wildman–Crippen MR) is 138 cm³/mol. The Morgan fingerprint density at radius 3 is 2.44 bits per heavy atom. The number of carbonyl (C=O) groups is 1. The number of anilines is 1.